The molecular weight excluding hydrogens is 220 g/mol. The van der Waals surface area contributed by atoms with E-state index in [1.165, 1.54) is 19.3 Å². The second-order valence-electron chi connectivity index (χ2n) is 3.93. The summed E-state index contributed by atoms with van der Waals surface area (Å²) in [5.41, 5.74) is -0.212. The summed E-state index contributed by atoms with van der Waals surface area (Å²) in [6.07, 6.45) is 7.81. The molecule has 0 aliphatic carbocycles. The molecule has 0 aromatic heterocycles. The van der Waals surface area contributed by atoms with Gasteiger partial charge in [-0.15, -0.1) is 0 Å². The van der Waals surface area contributed by atoms with Crippen LogP contribution in [0.5, 0.6) is 0 Å². The maximum absolute atomic E-state index is 11.3. The molecule has 0 atom stereocenters. The van der Waals surface area contributed by atoms with E-state index >= 15 is 0 Å². The molecule has 5 heteroatoms. The molecule has 0 spiro atoms. The number of hydrogen-bond donors (Lipinski definition) is 0. The summed E-state index contributed by atoms with van der Waals surface area (Å²) in [7, 11) is 0. The van der Waals surface area contributed by atoms with Crippen LogP contribution in [0.25, 0.3) is 0 Å². The van der Waals surface area contributed by atoms with Gasteiger partial charge in [0.05, 0.1) is 6.61 Å². The van der Waals surface area contributed by atoms with Gasteiger partial charge < -0.3 is 4.74 Å². The number of ether oxygens (including phenoxy) is 1. The number of hydrogen-bond acceptors (Lipinski definition) is 4. The van der Waals surface area contributed by atoms with E-state index in [1.807, 2.05) is 0 Å². The summed E-state index contributed by atoms with van der Waals surface area (Å²) >= 11 is 0. The molecule has 0 radical (unpaired) electrons. The lowest BCUT2D eigenvalue weighted by Crippen LogP contribution is -2.23. The second kappa shape index (κ2) is 7.70. The Balaban J connectivity index is 2.03. The number of esters is 1. The van der Waals surface area contributed by atoms with Gasteiger partial charge >= 0.3 is 11.9 Å². The van der Waals surface area contributed by atoms with Crippen LogP contribution >= 0.6 is 0 Å². The normalized spacial score (nSPS) is 13.9. The molecule has 0 aromatic rings. The molecule has 5 nitrogen and oxygen atoms in total. The number of nitrogens with zero attached hydrogens (tertiary/aromatic N) is 2. The van der Waals surface area contributed by atoms with Crippen molar-refractivity contribution >= 4 is 23.9 Å². The van der Waals surface area contributed by atoms with Crippen LogP contribution in [0.2, 0.25) is 0 Å². The van der Waals surface area contributed by atoms with Crippen molar-refractivity contribution < 1.29 is 14.3 Å². The zero-order chi connectivity index (χ0) is 12.5. The SMILES string of the molecule is CCCCCCCCOC(=O)C1=NC=NC1=O. The fraction of sp³-hybridized carbons (Fsp3) is 0.667. The minimum Gasteiger partial charge on any atom is -0.461 e. The average molecular weight is 238 g/mol. The lowest BCUT2D eigenvalue weighted by molar-refractivity contribution is -0.136. The second-order valence-corrected chi connectivity index (χ2v) is 3.93. The molecule has 0 saturated heterocycles. The van der Waals surface area contributed by atoms with E-state index in [4.69, 9.17) is 4.74 Å². The Bertz CT molecular complexity index is 335. The van der Waals surface area contributed by atoms with Crippen molar-refractivity contribution in [3.63, 3.8) is 0 Å². The Kier molecular flexibility index (Phi) is 6.14. The first-order valence-electron chi connectivity index (χ1n) is 6.07. The van der Waals surface area contributed by atoms with Crippen molar-refractivity contribution in [2.75, 3.05) is 6.61 Å². The molecule has 0 fully saturated rings. The predicted octanol–water partition coefficient (Wildman–Crippen LogP) is 1.90. The highest BCUT2D eigenvalue weighted by atomic mass is 16.5. The fourth-order valence-electron chi connectivity index (χ4n) is 1.51. The third-order valence-electron chi connectivity index (χ3n) is 2.49. The van der Waals surface area contributed by atoms with Crippen LogP contribution in [0.1, 0.15) is 45.4 Å². The van der Waals surface area contributed by atoms with E-state index in [2.05, 4.69) is 16.9 Å². The van der Waals surface area contributed by atoms with Gasteiger partial charge in [0.1, 0.15) is 6.34 Å². The fourth-order valence-corrected chi connectivity index (χ4v) is 1.51. The molecule has 1 heterocycles. The van der Waals surface area contributed by atoms with Crippen LogP contribution in [0.3, 0.4) is 0 Å². The van der Waals surface area contributed by atoms with Crippen LogP contribution in [0.15, 0.2) is 9.98 Å². The van der Waals surface area contributed by atoms with Gasteiger partial charge in [0.25, 0.3) is 0 Å². The monoisotopic (exact) mass is 238 g/mol. The molecule has 1 aliphatic heterocycles. The maximum atomic E-state index is 11.3. The largest absolute Gasteiger partial charge is 0.461 e. The Morgan fingerprint density at radius 1 is 1.24 bits per heavy atom. The van der Waals surface area contributed by atoms with Gasteiger partial charge in [-0.05, 0) is 6.42 Å². The number of aliphatic imine (C=N–C) groups is 2. The number of rotatable bonds is 8. The highest BCUT2D eigenvalue weighted by molar-refractivity contribution is 6.66. The van der Waals surface area contributed by atoms with Gasteiger partial charge in [-0.2, -0.15) is 4.99 Å². The smallest absolute Gasteiger partial charge is 0.362 e. The molecule has 1 amide bonds. The number of carbonyl (C=O) groups excluding carboxylic acids is 2. The van der Waals surface area contributed by atoms with Gasteiger partial charge in [-0.1, -0.05) is 39.0 Å². The number of unbranched alkanes of at least 4 members (excludes halogenated alkanes) is 5. The van der Waals surface area contributed by atoms with E-state index in [0.29, 0.717) is 6.61 Å². The van der Waals surface area contributed by atoms with Gasteiger partial charge in [0, 0.05) is 0 Å². The lowest BCUT2D eigenvalue weighted by atomic mass is 10.1. The highest BCUT2D eigenvalue weighted by Crippen LogP contribution is 2.05. The maximum Gasteiger partial charge on any atom is 0.362 e. The van der Waals surface area contributed by atoms with Crippen molar-refractivity contribution in [3.05, 3.63) is 0 Å². The molecular formula is C12H18N2O3. The Morgan fingerprint density at radius 3 is 2.59 bits per heavy atom. The first-order valence-corrected chi connectivity index (χ1v) is 6.07. The molecule has 0 saturated carbocycles. The van der Waals surface area contributed by atoms with Crippen LogP contribution in [0.4, 0.5) is 0 Å². The van der Waals surface area contributed by atoms with Crippen molar-refractivity contribution in [3.8, 4) is 0 Å². The summed E-state index contributed by atoms with van der Waals surface area (Å²) in [5, 5.41) is 0. The quantitative estimate of drug-likeness (QED) is 0.479. The van der Waals surface area contributed by atoms with E-state index in [1.54, 1.807) is 0 Å². The first-order chi connectivity index (χ1) is 8.25. The van der Waals surface area contributed by atoms with Crippen molar-refractivity contribution in [2.24, 2.45) is 9.98 Å². The van der Waals surface area contributed by atoms with Gasteiger partial charge in [-0.3, -0.25) is 4.79 Å². The molecule has 0 N–H and O–H groups in total. The highest BCUT2D eigenvalue weighted by Gasteiger charge is 2.23. The molecule has 0 unspecified atom stereocenters. The summed E-state index contributed by atoms with van der Waals surface area (Å²) in [6, 6.07) is 0. The van der Waals surface area contributed by atoms with Gasteiger partial charge in [0.15, 0.2) is 0 Å². The molecule has 0 bridgehead atoms. The third-order valence-corrected chi connectivity index (χ3v) is 2.49. The molecule has 1 rings (SSSR count). The first kappa shape index (κ1) is 13.5. The lowest BCUT2D eigenvalue weighted by Gasteiger charge is -2.03. The van der Waals surface area contributed by atoms with E-state index < -0.39 is 11.9 Å². The Labute approximate surface area is 101 Å². The minimum atomic E-state index is -0.666. The standard InChI is InChI=1S/C12H18N2O3/c1-2-3-4-5-6-7-8-17-12(16)10-11(15)14-9-13-10/h9H,2-8H2,1H3. The van der Waals surface area contributed by atoms with Crippen LogP contribution in [0, 0.1) is 0 Å². The zero-order valence-electron chi connectivity index (χ0n) is 10.1. The molecule has 0 aromatic carbocycles. The number of carbonyl (C=O) groups is 2. The predicted molar refractivity (Wildman–Crippen MR) is 65.3 cm³/mol. The third kappa shape index (κ3) is 4.89. The number of amides is 1. The summed E-state index contributed by atoms with van der Waals surface area (Å²) in [4.78, 5) is 29.2. The minimum absolute atomic E-state index is 0.212. The topological polar surface area (TPSA) is 68.1 Å². The average Bonchev–Trinajstić information content (AvgIpc) is 2.74. The van der Waals surface area contributed by atoms with Crippen LogP contribution in [-0.4, -0.2) is 30.5 Å². The van der Waals surface area contributed by atoms with Crippen LogP contribution < -0.4 is 0 Å². The van der Waals surface area contributed by atoms with E-state index in [9.17, 15) is 9.59 Å². The van der Waals surface area contributed by atoms with Crippen LogP contribution in [-0.2, 0) is 14.3 Å². The zero-order valence-corrected chi connectivity index (χ0v) is 10.1. The summed E-state index contributed by atoms with van der Waals surface area (Å²) in [6.45, 7) is 2.51. The van der Waals surface area contributed by atoms with Crippen molar-refractivity contribution in [1.29, 1.82) is 0 Å². The molecule has 94 valence electrons. The Morgan fingerprint density at radius 2 is 1.94 bits per heavy atom. The van der Waals surface area contributed by atoms with Crippen molar-refractivity contribution in [2.45, 2.75) is 45.4 Å². The molecule has 1 aliphatic rings. The van der Waals surface area contributed by atoms with Gasteiger partial charge in [0.2, 0.25) is 5.71 Å². The summed E-state index contributed by atoms with van der Waals surface area (Å²) < 4.78 is 4.93. The van der Waals surface area contributed by atoms with Crippen molar-refractivity contribution in [1.82, 2.24) is 0 Å². The van der Waals surface area contributed by atoms with E-state index in [-0.39, 0.29) is 5.71 Å². The molecule has 17 heavy (non-hydrogen) atoms. The summed E-state index contributed by atoms with van der Waals surface area (Å²) in [5.74, 6) is -1.28. The van der Waals surface area contributed by atoms with E-state index in [0.717, 1.165) is 25.6 Å². The Hall–Kier alpha value is -1.52. The van der Waals surface area contributed by atoms with Gasteiger partial charge in [-0.25, -0.2) is 9.79 Å².